The van der Waals surface area contributed by atoms with Gasteiger partial charge in [-0.1, -0.05) is 13.8 Å². The van der Waals surface area contributed by atoms with Crippen LogP contribution in [0.25, 0.3) is 0 Å². The van der Waals surface area contributed by atoms with Crippen molar-refractivity contribution in [3.63, 3.8) is 0 Å². The molecule has 1 heterocycles. The Kier molecular flexibility index (Phi) is 5.79. The number of urea groups is 1. The van der Waals surface area contributed by atoms with Crippen LogP contribution >= 0.6 is 0 Å². The molecule has 2 unspecified atom stereocenters. The molecule has 7 nitrogen and oxygen atoms in total. The van der Waals surface area contributed by atoms with Crippen LogP contribution in [-0.2, 0) is 14.6 Å². The minimum atomic E-state index is -3.04. The second kappa shape index (κ2) is 6.92. The Morgan fingerprint density at radius 3 is 2.45 bits per heavy atom. The van der Waals surface area contributed by atoms with E-state index in [1.807, 2.05) is 13.8 Å². The van der Waals surface area contributed by atoms with E-state index in [4.69, 9.17) is 5.11 Å². The van der Waals surface area contributed by atoms with Crippen molar-refractivity contribution < 1.29 is 23.1 Å². The normalized spacial score (nSPS) is 22.4. The molecule has 2 atom stereocenters. The first-order valence-corrected chi connectivity index (χ1v) is 8.49. The summed E-state index contributed by atoms with van der Waals surface area (Å²) in [4.78, 5) is 22.6. The van der Waals surface area contributed by atoms with Gasteiger partial charge in [0.25, 0.3) is 0 Å². The Balaban J connectivity index is 2.37. The topological polar surface area (TPSA) is 113 Å². The van der Waals surface area contributed by atoms with Gasteiger partial charge in [-0.2, -0.15) is 0 Å². The van der Waals surface area contributed by atoms with E-state index >= 15 is 0 Å². The van der Waals surface area contributed by atoms with Crippen LogP contribution in [0.5, 0.6) is 0 Å². The van der Waals surface area contributed by atoms with E-state index in [1.165, 1.54) is 0 Å². The van der Waals surface area contributed by atoms with Crippen LogP contribution in [0.4, 0.5) is 4.79 Å². The molecule has 3 N–H and O–H groups in total. The Morgan fingerprint density at radius 2 is 2.00 bits per heavy atom. The van der Waals surface area contributed by atoms with Gasteiger partial charge in [-0.25, -0.2) is 13.2 Å². The van der Waals surface area contributed by atoms with Gasteiger partial charge >= 0.3 is 12.0 Å². The van der Waals surface area contributed by atoms with Crippen LogP contribution in [0.2, 0.25) is 0 Å². The first kappa shape index (κ1) is 16.7. The number of hydrogen-bond acceptors (Lipinski definition) is 4. The number of sulfone groups is 1. The van der Waals surface area contributed by atoms with E-state index in [-0.39, 0.29) is 30.0 Å². The number of carbonyl (C=O) groups excluding carboxylic acids is 1. The monoisotopic (exact) mass is 306 g/mol. The molecule has 0 aromatic heterocycles. The third kappa shape index (κ3) is 5.77. The number of carboxylic acid groups (broad SMARTS) is 1. The molecule has 2 amide bonds. The van der Waals surface area contributed by atoms with Gasteiger partial charge < -0.3 is 15.7 Å². The zero-order valence-electron chi connectivity index (χ0n) is 11.8. The molecule has 20 heavy (non-hydrogen) atoms. The number of carboxylic acids is 1. The number of carbonyl (C=O) groups is 2. The summed E-state index contributed by atoms with van der Waals surface area (Å²) in [6, 6.07) is -0.893. The minimum Gasteiger partial charge on any atom is -0.481 e. The smallest absolute Gasteiger partial charge is 0.315 e. The molecule has 1 aliphatic rings. The van der Waals surface area contributed by atoms with E-state index in [0.29, 0.717) is 12.8 Å². The van der Waals surface area contributed by atoms with Crippen LogP contribution in [0.3, 0.4) is 0 Å². The predicted octanol–water partition coefficient (Wildman–Crippen LogP) is 0.220. The SMILES string of the molecule is CC(C)CC(CNC(=O)NC1CCS(=O)(=O)C1)C(=O)O. The second-order valence-electron chi connectivity index (χ2n) is 5.62. The first-order valence-electron chi connectivity index (χ1n) is 6.67. The van der Waals surface area contributed by atoms with Crippen LogP contribution in [0.15, 0.2) is 0 Å². The quantitative estimate of drug-likeness (QED) is 0.650. The molecule has 0 saturated carbocycles. The second-order valence-corrected chi connectivity index (χ2v) is 7.85. The zero-order chi connectivity index (χ0) is 15.3. The Bertz CT molecular complexity index is 460. The zero-order valence-corrected chi connectivity index (χ0v) is 12.6. The molecular formula is C12H22N2O5S. The van der Waals surface area contributed by atoms with E-state index in [1.54, 1.807) is 0 Å². The van der Waals surface area contributed by atoms with Gasteiger partial charge in [-0.3, -0.25) is 4.79 Å². The highest BCUT2D eigenvalue weighted by molar-refractivity contribution is 7.91. The maximum Gasteiger partial charge on any atom is 0.315 e. The average Bonchev–Trinajstić information content (AvgIpc) is 2.63. The Morgan fingerprint density at radius 1 is 1.35 bits per heavy atom. The van der Waals surface area contributed by atoms with Crippen LogP contribution in [0.1, 0.15) is 26.7 Å². The molecule has 0 aromatic carbocycles. The molecule has 0 aromatic rings. The summed E-state index contributed by atoms with van der Waals surface area (Å²) in [7, 11) is -3.04. The fourth-order valence-electron chi connectivity index (χ4n) is 2.20. The van der Waals surface area contributed by atoms with Crippen molar-refractivity contribution in [2.75, 3.05) is 18.1 Å². The van der Waals surface area contributed by atoms with Gasteiger partial charge in [0.05, 0.1) is 17.4 Å². The first-order chi connectivity index (χ1) is 9.19. The van der Waals surface area contributed by atoms with Crippen molar-refractivity contribution in [1.29, 1.82) is 0 Å². The standard InChI is InChI=1S/C12H22N2O5S/c1-8(2)5-9(11(15)16)6-13-12(17)14-10-3-4-20(18,19)7-10/h8-10H,3-7H2,1-2H3,(H,15,16)(H2,13,14,17). The summed E-state index contributed by atoms with van der Waals surface area (Å²) in [6.07, 6.45) is 0.886. The largest absolute Gasteiger partial charge is 0.481 e. The summed E-state index contributed by atoms with van der Waals surface area (Å²) in [5, 5.41) is 14.1. The van der Waals surface area contributed by atoms with Crippen molar-refractivity contribution in [3.8, 4) is 0 Å². The third-order valence-corrected chi connectivity index (χ3v) is 4.95. The van der Waals surface area contributed by atoms with E-state index in [0.717, 1.165) is 0 Å². The molecule has 0 radical (unpaired) electrons. The van der Waals surface area contributed by atoms with Gasteiger partial charge in [0.2, 0.25) is 0 Å². The summed E-state index contributed by atoms with van der Waals surface area (Å²) >= 11 is 0. The lowest BCUT2D eigenvalue weighted by atomic mass is 9.97. The minimum absolute atomic E-state index is 0.0405. The molecule has 1 saturated heterocycles. The molecule has 8 heteroatoms. The van der Waals surface area contributed by atoms with E-state index < -0.39 is 27.8 Å². The van der Waals surface area contributed by atoms with Crippen LogP contribution in [0, 0.1) is 11.8 Å². The van der Waals surface area contributed by atoms with Crippen molar-refractivity contribution in [3.05, 3.63) is 0 Å². The molecule has 0 bridgehead atoms. The van der Waals surface area contributed by atoms with Gasteiger partial charge in [0, 0.05) is 12.6 Å². The number of amides is 2. The van der Waals surface area contributed by atoms with Crippen molar-refractivity contribution >= 4 is 21.8 Å². The number of rotatable bonds is 6. The fraction of sp³-hybridized carbons (Fsp3) is 0.833. The molecule has 1 aliphatic heterocycles. The Hall–Kier alpha value is -1.31. The number of nitrogens with one attached hydrogen (secondary N) is 2. The lowest BCUT2D eigenvalue weighted by Gasteiger charge is -2.17. The third-order valence-electron chi connectivity index (χ3n) is 3.18. The Labute approximate surface area is 119 Å². The summed E-state index contributed by atoms with van der Waals surface area (Å²) < 4.78 is 22.5. The molecule has 116 valence electrons. The average molecular weight is 306 g/mol. The molecule has 0 aliphatic carbocycles. The lowest BCUT2D eigenvalue weighted by Crippen LogP contribution is -2.45. The lowest BCUT2D eigenvalue weighted by molar-refractivity contribution is -0.142. The van der Waals surface area contributed by atoms with Crippen LogP contribution in [-0.4, -0.2) is 49.6 Å². The van der Waals surface area contributed by atoms with Gasteiger partial charge in [0.1, 0.15) is 0 Å². The molecule has 1 fully saturated rings. The number of aliphatic carboxylic acids is 1. The summed E-state index contributed by atoms with van der Waals surface area (Å²) in [6.45, 7) is 3.87. The van der Waals surface area contributed by atoms with Gasteiger partial charge in [-0.15, -0.1) is 0 Å². The molecular weight excluding hydrogens is 284 g/mol. The highest BCUT2D eigenvalue weighted by Crippen LogP contribution is 2.12. The predicted molar refractivity (Wildman–Crippen MR) is 74.2 cm³/mol. The fourth-order valence-corrected chi connectivity index (χ4v) is 3.88. The van der Waals surface area contributed by atoms with Crippen molar-refractivity contribution in [1.82, 2.24) is 10.6 Å². The van der Waals surface area contributed by atoms with Gasteiger partial charge in [0.15, 0.2) is 9.84 Å². The maximum atomic E-state index is 11.6. The number of hydrogen-bond donors (Lipinski definition) is 3. The maximum absolute atomic E-state index is 11.6. The highest BCUT2D eigenvalue weighted by Gasteiger charge is 2.29. The summed E-state index contributed by atoms with van der Waals surface area (Å²) in [5.41, 5.74) is 0. The highest BCUT2D eigenvalue weighted by atomic mass is 32.2. The van der Waals surface area contributed by atoms with Crippen molar-refractivity contribution in [2.45, 2.75) is 32.7 Å². The van der Waals surface area contributed by atoms with Crippen molar-refractivity contribution in [2.24, 2.45) is 11.8 Å². The molecule has 0 spiro atoms. The van der Waals surface area contributed by atoms with E-state index in [9.17, 15) is 18.0 Å². The molecule has 1 rings (SSSR count). The van der Waals surface area contributed by atoms with E-state index in [2.05, 4.69) is 10.6 Å². The van der Waals surface area contributed by atoms with Crippen LogP contribution < -0.4 is 10.6 Å². The summed E-state index contributed by atoms with van der Waals surface area (Å²) in [5.74, 6) is -1.31. The van der Waals surface area contributed by atoms with Gasteiger partial charge in [-0.05, 0) is 18.8 Å².